The minimum Gasteiger partial charge on any atom is -0.389 e. The number of rotatable bonds is 20. The van der Waals surface area contributed by atoms with E-state index in [1.165, 1.54) is 38.7 Å². The summed E-state index contributed by atoms with van der Waals surface area (Å²) >= 11 is 1.58. The molecule has 250 valence electrons. The number of aliphatic hydroxyl groups excluding tert-OH is 1. The molecule has 5 N–H and O–H groups in total. The zero-order chi connectivity index (χ0) is 33.1. The average molecular weight is 652 g/mol. The molecule has 1 aromatic rings. The van der Waals surface area contributed by atoms with Crippen LogP contribution in [0.3, 0.4) is 0 Å². The standard InChI is InChI=1S/C35H49N5O5S/c1-3-6-28(14-16-39-32(42)12-13-33(39)43)37-22-29(41)23-38-30(27-10-11-27)15-17-40-34(44)21-31(35(40)45)46-18-5-9-25-7-4-8-26(20-25)19-24(2)36/h4,6-8,12-13,20,24,29,31,37-38,41H,3,5,9-11,14-19,21-23,36H2,1-2H3/b28-6+. The Balaban J connectivity index is 1.16. The summed E-state index contributed by atoms with van der Waals surface area (Å²) in [6.45, 7) is 5.27. The molecule has 10 nitrogen and oxygen atoms in total. The van der Waals surface area contributed by atoms with E-state index in [0.717, 1.165) is 55.7 Å². The molecule has 11 heteroatoms. The molecule has 46 heavy (non-hydrogen) atoms. The highest BCUT2D eigenvalue weighted by Crippen LogP contribution is 2.33. The topological polar surface area (TPSA) is 145 Å². The van der Waals surface area contributed by atoms with Crippen LogP contribution in [0, 0.1) is 0 Å². The molecule has 1 aromatic carbocycles. The first-order chi connectivity index (χ1) is 22.1. The second-order valence-corrected chi connectivity index (χ2v) is 13.7. The summed E-state index contributed by atoms with van der Waals surface area (Å²) in [5.74, 6) is 0.00561. The van der Waals surface area contributed by atoms with Crippen molar-refractivity contribution in [2.24, 2.45) is 5.73 Å². The number of nitrogens with zero attached hydrogens (tertiary/aromatic N) is 2. The first-order valence-electron chi connectivity index (χ1n) is 16.5. The van der Waals surface area contributed by atoms with E-state index in [9.17, 15) is 24.3 Å². The quantitative estimate of drug-likeness (QED) is 0.124. The van der Waals surface area contributed by atoms with Gasteiger partial charge in [-0.15, -0.1) is 11.8 Å². The van der Waals surface area contributed by atoms with Gasteiger partial charge in [0.2, 0.25) is 11.8 Å². The molecule has 1 saturated carbocycles. The Labute approximate surface area is 276 Å². The molecule has 3 unspecified atom stereocenters. The van der Waals surface area contributed by atoms with Crippen molar-refractivity contribution in [3.8, 4) is 0 Å². The van der Waals surface area contributed by atoms with E-state index in [2.05, 4.69) is 34.9 Å². The number of carbonyl (C=O) groups excluding carboxylic acids is 4. The molecule has 3 aliphatic rings. The number of aliphatic hydroxyl groups is 1. The lowest BCUT2D eigenvalue weighted by molar-refractivity contribution is -0.139. The van der Waals surface area contributed by atoms with Gasteiger partial charge < -0.3 is 21.5 Å². The van der Waals surface area contributed by atoms with Crippen molar-refractivity contribution in [2.75, 3.05) is 31.9 Å². The maximum absolute atomic E-state index is 13.1. The van der Waals surface area contributed by atoms with E-state index in [1.54, 1.807) is 11.8 Å². The van der Waals surface area contributed by atoms with Crippen molar-refractivity contribution < 1.29 is 24.3 Å². The van der Waals surface area contributed by atoms with E-state index < -0.39 is 6.10 Å². The lowest BCUT2D eigenvalue weighted by atomic mass is 10.0. The average Bonchev–Trinajstić information content (AvgIpc) is 3.76. The van der Waals surface area contributed by atoms with Crippen LogP contribution in [0.25, 0.3) is 0 Å². The lowest BCUT2D eigenvalue weighted by Crippen LogP contribution is -2.37. The molecule has 4 amide bonds. The number of hydrogen-bond donors (Lipinski definition) is 4. The Kier molecular flexibility index (Phi) is 13.5. The Morgan fingerprint density at radius 3 is 2.43 bits per heavy atom. The SMILES string of the molecule is CC/C=C(\CCN1C(=O)C=CC1=O)NCC(O)CNC(CCN1C(=O)CC(SCCCc2cccc(CC(C)N)c2)C1=O)=C1CC1. The highest BCUT2D eigenvalue weighted by atomic mass is 32.2. The third-order valence-electron chi connectivity index (χ3n) is 8.26. The summed E-state index contributed by atoms with van der Waals surface area (Å²) in [7, 11) is 0. The van der Waals surface area contributed by atoms with E-state index in [1.807, 2.05) is 19.9 Å². The number of thioether (sulfide) groups is 1. The lowest BCUT2D eigenvalue weighted by Gasteiger charge is -2.21. The molecule has 1 saturated heterocycles. The maximum atomic E-state index is 13.1. The summed E-state index contributed by atoms with van der Waals surface area (Å²) in [6.07, 6.45) is 10.6. The van der Waals surface area contributed by atoms with Gasteiger partial charge in [0.25, 0.3) is 11.8 Å². The van der Waals surface area contributed by atoms with Gasteiger partial charge in [-0.25, -0.2) is 0 Å². The number of nitrogens with two attached hydrogens (primary N) is 1. The Morgan fingerprint density at radius 1 is 1.04 bits per heavy atom. The van der Waals surface area contributed by atoms with Gasteiger partial charge in [-0.1, -0.05) is 42.8 Å². The minimum absolute atomic E-state index is 0.0957. The van der Waals surface area contributed by atoms with E-state index >= 15 is 0 Å². The number of carbonyl (C=O) groups is 4. The third-order valence-corrected chi connectivity index (χ3v) is 9.56. The fourth-order valence-corrected chi connectivity index (χ4v) is 6.86. The summed E-state index contributed by atoms with van der Waals surface area (Å²) in [5.41, 5.74) is 11.6. The molecule has 4 rings (SSSR count). The van der Waals surface area contributed by atoms with Crippen LogP contribution in [0.1, 0.15) is 69.9 Å². The molecule has 0 spiro atoms. The Morgan fingerprint density at radius 2 is 1.74 bits per heavy atom. The number of likely N-dealkylation sites (tertiary alicyclic amines) is 1. The molecule has 1 aliphatic carbocycles. The van der Waals surface area contributed by atoms with Crippen LogP contribution in [0.4, 0.5) is 0 Å². The number of imide groups is 2. The van der Waals surface area contributed by atoms with Crippen LogP contribution in [-0.2, 0) is 32.0 Å². The van der Waals surface area contributed by atoms with Crippen LogP contribution in [0.5, 0.6) is 0 Å². The normalized spacial score (nSPS) is 19.3. The number of aryl methyl sites for hydroxylation is 1. The van der Waals surface area contributed by atoms with Crippen LogP contribution in [0.15, 0.2) is 59.5 Å². The number of amides is 4. The third kappa shape index (κ3) is 10.8. The summed E-state index contributed by atoms with van der Waals surface area (Å²) in [6, 6.07) is 8.63. The van der Waals surface area contributed by atoms with Crippen LogP contribution in [-0.4, -0.2) is 87.9 Å². The predicted octanol–water partition coefficient (Wildman–Crippen LogP) is 2.96. The van der Waals surface area contributed by atoms with Crippen LogP contribution < -0.4 is 16.4 Å². The van der Waals surface area contributed by atoms with Crippen molar-refractivity contribution in [1.82, 2.24) is 20.4 Å². The molecule has 0 bridgehead atoms. The molecule has 3 atom stereocenters. The van der Waals surface area contributed by atoms with Gasteiger partial charge in [0.15, 0.2) is 0 Å². The monoisotopic (exact) mass is 651 g/mol. The number of allylic oxidation sites excluding steroid dienone is 2. The Bertz CT molecular complexity index is 1330. The van der Waals surface area contributed by atoms with Gasteiger partial charge in [-0.2, -0.15) is 0 Å². The molecule has 0 radical (unpaired) electrons. The van der Waals surface area contributed by atoms with Crippen molar-refractivity contribution >= 4 is 35.4 Å². The van der Waals surface area contributed by atoms with Gasteiger partial charge in [0, 0.05) is 75.0 Å². The second-order valence-electron chi connectivity index (χ2n) is 12.3. The van der Waals surface area contributed by atoms with Gasteiger partial charge >= 0.3 is 0 Å². The minimum atomic E-state index is -0.686. The molecular formula is C35H49N5O5S. The number of benzene rings is 1. The molecule has 2 heterocycles. The van der Waals surface area contributed by atoms with Crippen molar-refractivity contribution in [2.45, 2.75) is 89.0 Å². The smallest absolute Gasteiger partial charge is 0.253 e. The van der Waals surface area contributed by atoms with Crippen molar-refractivity contribution in [3.63, 3.8) is 0 Å². The van der Waals surface area contributed by atoms with Crippen LogP contribution in [0.2, 0.25) is 0 Å². The van der Waals surface area contributed by atoms with E-state index in [-0.39, 0.29) is 47.9 Å². The molecule has 2 fully saturated rings. The van der Waals surface area contributed by atoms with Crippen molar-refractivity contribution in [3.05, 3.63) is 70.6 Å². The zero-order valence-corrected chi connectivity index (χ0v) is 27.9. The second kappa shape index (κ2) is 17.5. The highest BCUT2D eigenvalue weighted by molar-refractivity contribution is 8.00. The van der Waals surface area contributed by atoms with Gasteiger partial charge in [-0.3, -0.25) is 29.0 Å². The summed E-state index contributed by atoms with van der Waals surface area (Å²) in [5, 5.41) is 17.0. The first-order valence-corrected chi connectivity index (χ1v) is 17.6. The highest BCUT2D eigenvalue weighted by Gasteiger charge is 2.38. The molecule has 0 aromatic heterocycles. The summed E-state index contributed by atoms with van der Waals surface area (Å²) in [4.78, 5) is 52.1. The largest absolute Gasteiger partial charge is 0.389 e. The van der Waals surface area contributed by atoms with Crippen LogP contribution >= 0.6 is 11.8 Å². The Hall–Kier alpha value is -3.41. The predicted molar refractivity (Wildman–Crippen MR) is 181 cm³/mol. The van der Waals surface area contributed by atoms with Gasteiger partial charge in [-0.05, 0) is 62.3 Å². The van der Waals surface area contributed by atoms with Gasteiger partial charge in [0.1, 0.15) is 0 Å². The van der Waals surface area contributed by atoms with E-state index in [0.29, 0.717) is 32.5 Å². The fraction of sp³-hybridized carbons (Fsp3) is 0.543. The molecular weight excluding hydrogens is 602 g/mol. The maximum Gasteiger partial charge on any atom is 0.253 e. The van der Waals surface area contributed by atoms with Gasteiger partial charge in [0.05, 0.1) is 11.4 Å². The molecule has 2 aliphatic heterocycles. The number of hydrogen-bond acceptors (Lipinski definition) is 9. The fourth-order valence-electron chi connectivity index (χ4n) is 5.74. The van der Waals surface area contributed by atoms with Crippen molar-refractivity contribution in [1.29, 1.82) is 0 Å². The zero-order valence-electron chi connectivity index (χ0n) is 27.1. The number of nitrogens with one attached hydrogen (secondary N) is 2. The van der Waals surface area contributed by atoms with E-state index in [4.69, 9.17) is 5.73 Å². The summed E-state index contributed by atoms with van der Waals surface area (Å²) < 4.78 is 0. The first kappa shape index (κ1) is 35.4.